The van der Waals surface area contributed by atoms with Gasteiger partial charge in [0.25, 0.3) is 0 Å². The van der Waals surface area contributed by atoms with E-state index in [1.165, 1.54) is 0 Å². The topological polar surface area (TPSA) is 58.0 Å². The molecule has 0 unspecified atom stereocenters. The lowest BCUT2D eigenvalue weighted by atomic mass is 10.0. The van der Waals surface area contributed by atoms with Gasteiger partial charge in [0.1, 0.15) is 0 Å². The van der Waals surface area contributed by atoms with Crippen LogP contribution >= 0.6 is 11.6 Å². The number of halogens is 2. The molecule has 0 bridgehead atoms. The Kier molecular flexibility index (Phi) is 3.25. The van der Waals surface area contributed by atoms with Gasteiger partial charge in [-0.15, -0.1) is 0 Å². The zero-order valence-electron chi connectivity index (χ0n) is 8.71. The maximum absolute atomic E-state index is 13.2. The number of anilines is 1. The van der Waals surface area contributed by atoms with Gasteiger partial charge in [0.15, 0.2) is 11.6 Å². The first-order valence-electron chi connectivity index (χ1n) is 5.23. The van der Waals surface area contributed by atoms with Crippen LogP contribution in [0.5, 0.6) is 0 Å². The molecule has 6 heteroatoms. The Bertz CT molecular complexity index is 382. The maximum Gasteiger partial charge on any atom is 0.224 e. The van der Waals surface area contributed by atoms with Crippen molar-refractivity contribution in [2.45, 2.75) is 31.3 Å². The van der Waals surface area contributed by atoms with E-state index in [4.69, 9.17) is 11.6 Å². The first-order chi connectivity index (χ1) is 7.59. The predicted molar refractivity (Wildman–Crippen MR) is 58.9 cm³/mol. The van der Waals surface area contributed by atoms with Gasteiger partial charge < -0.3 is 10.4 Å². The third kappa shape index (κ3) is 2.59. The first kappa shape index (κ1) is 11.5. The van der Waals surface area contributed by atoms with Crippen molar-refractivity contribution >= 4 is 17.4 Å². The summed E-state index contributed by atoms with van der Waals surface area (Å²) in [5, 5.41) is 12.8. The molecule has 1 fully saturated rings. The zero-order chi connectivity index (χ0) is 11.6. The molecule has 2 rings (SSSR count). The lowest BCUT2D eigenvalue weighted by molar-refractivity contribution is 0.0613. The summed E-state index contributed by atoms with van der Waals surface area (Å²) in [5.41, 5.74) is -0.746. The van der Waals surface area contributed by atoms with Crippen molar-refractivity contribution in [2.24, 2.45) is 0 Å². The predicted octanol–water partition coefficient (Wildman–Crippen LogP) is 1.99. The smallest absolute Gasteiger partial charge is 0.224 e. The average Bonchev–Trinajstić information content (AvgIpc) is 2.67. The standard InChI is InChI=1S/C10H13ClFN3O/c11-9-13-5-7(12)8(15-9)14-6-10(16)3-1-2-4-10/h5,16H,1-4,6H2,(H,13,14,15). The molecule has 1 aromatic heterocycles. The summed E-state index contributed by atoms with van der Waals surface area (Å²) in [6.45, 7) is 0.289. The lowest BCUT2D eigenvalue weighted by Gasteiger charge is -2.22. The van der Waals surface area contributed by atoms with E-state index in [9.17, 15) is 9.50 Å². The molecule has 0 radical (unpaired) electrons. The summed E-state index contributed by atoms with van der Waals surface area (Å²) in [4.78, 5) is 7.24. The van der Waals surface area contributed by atoms with Gasteiger partial charge in [-0.25, -0.2) is 9.37 Å². The van der Waals surface area contributed by atoms with Crippen molar-refractivity contribution in [3.8, 4) is 0 Å². The third-order valence-corrected chi connectivity index (χ3v) is 3.02. The van der Waals surface area contributed by atoms with Crippen LogP contribution in [0.4, 0.5) is 10.2 Å². The molecule has 0 atom stereocenters. The van der Waals surface area contributed by atoms with E-state index in [1.807, 2.05) is 0 Å². The summed E-state index contributed by atoms with van der Waals surface area (Å²) < 4.78 is 13.2. The van der Waals surface area contributed by atoms with Crippen LogP contribution in [0.15, 0.2) is 6.20 Å². The Labute approximate surface area is 97.9 Å². The molecular formula is C10H13ClFN3O. The molecule has 1 saturated carbocycles. The SMILES string of the molecule is OC1(CNc2nc(Cl)ncc2F)CCCC1. The first-order valence-corrected chi connectivity index (χ1v) is 5.61. The van der Waals surface area contributed by atoms with Crippen molar-refractivity contribution < 1.29 is 9.50 Å². The van der Waals surface area contributed by atoms with Crippen LogP contribution in [0.3, 0.4) is 0 Å². The Hall–Kier alpha value is -0.940. The Balaban J connectivity index is 2.01. The second kappa shape index (κ2) is 4.51. The third-order valence-electron chi connectivity index (χ3n) is 2.83. The molecular weight excluding hydrogens is 233 g/mol. The highest BCUT2D eigenvalue weighted by Crippen LogP contribution is 2.29. The number of aliphatic hydroxyl groups is 1. The monoisotopic (exact) mass is 245 g/mol. The fourth-order valence-corrected chi connectivity index (χ4v) is 2.06. The minimum atomic E-state index is -0.746. The van der Waals surface area contributed by atoms with Gasteiger partial charge >= 0.3 is 0 Å². The van der Waals surface area contributed by atoms with Crippen LogP contribution in [0.1, 0.15) is 25.7 Å². The number of nitrogens with one attached hydrogen (secondary N) is 1. The van der Waals surface area contributed by atoms with Crippen molar-refractivity contribution in [1.82, 2.24) is 9.97 Å². The molecule has 88 valence electrons. The molecule has 1 aliphatic rings. The molecule has 4 nitrogen and oxygen atoms in total. The molecule has 1 heterocycles. The van der Waals surface area contributed by atoms with E-state index < -0.39 is 11.4 Å². The summed E-state index contributed by atoms with van der Waals surface area (Å²) in [6, 6.07) is 0. The van der Waals surface area contributed by atoms with Crippen LogP contribution in [-0.2, 0) is 0 Å². The lowest BCUT2D eigenvalue weighted by Crippen LogP contribution is -2.34. The molecule has 16 heavy (non-hydrogen) atoms. The number of hydrogen-bond acceptors (Lipinski definition) is 4. The second-order valence-electron chi connectivity index (χ2n) is 4.12. The van der Waals surface area contributed by atoms with Gasteiger partial charge in [0, 0.05) is 6.54 Å². The van der Waals surface area contributed by atoms with E-state index in [-0.39, 0.29) is 17.6 Å². The highest BCUT2D eigenvalue weighted by atomic mass is 35.5. The summed E-state index contributed by atoms with van der Waals surface area (Å²) in [5.74, 6) is -0.522. The molecule has 0 aromatic carbocycles. The highest BCUT2D eigenvalue weighted by molar-refractivity contribution is 6.28. The minimum Gasteiger partial charge on any atom is -0.388 e. The molecule has 0 amide bonds. The van der Waals surface area contributed by atoms with Gasteiger partial charge in [-0.1, -0.05) is 12.8 Å². The van der Waals surface area contributed by atoms with Gasteiger partial charge in [0.2, 0.25) is 5.28 Å². The van der Waals surface area contributed by atoms with Crippen LogP contribution < -0.4 is 5.32 Å². The van der Waals surface area contributed by atoms with Crippen LogP contribution in [0.2, 0.25) is 5.28 Å². The molecule has 0 aliphatic heterocycles. The number of aromatic nitrogens is 2. The van der Waals surface area contributed by atoms with E-state index in [1.54, 1.807) is 0 Å². The van der Waals surface area contributed by atoms with Gasteiger partial charge in [0.05, 0.1) is 11.8 Å². The maximum atomic E-state index is 13.2. The number of nitrogens with zero attached hydrogens (tertiary/aromatic N) is 2. The molecule has 1 aromatic rings. The fourth-order valence-electron chi connectivity index (χ4n) is 1.93. The average molecular weight is 246 g/mol. The van der Waals surface area contributed by atoms with E-state index >= 15 is 0 Å². The van der Waals surface area contributed by atoms with Crippen LogP contribution in [-0.4, -0.2) is 27.2 Å². The number of rotatable bonds is 3. The molecule has 2 N–H and O–H groups in total. The van der Waals surface area contributed by atoms with Gasteiger partial charge in [-0.3, -0.25) is 0 Å². The fraction of sp³-hybridized carbons (Fsp3) is 0.600. The summed E-state index contributed by atoms with van der Waals surface area (Å²) in [6.07, 6.45) is 4.49. The van der Waals surface area contributed by atoms with Crippen molar-refractivity contribution in [2.75, 3.05) is 11.9 Å². The minimum absolute atomic E-state index is 0.0117. The highest BCUT2D eigenvalue weighted by Gasteiger charge is 2.31. The Morgan fingerprint density at radius 3 is 2.88 bits per heavy atom. The van der Waals surface area contributed by atoms with Crippen molar-refractivity contribution in [1.29, 1.82) is 0 Å². The van der Waals surface area contributed by atoms with Gasteiger partial charge in [-0.2, -0.15) is 4.98 Å². The zero-order valence-corrected chi connectivity index (χ0v) is 9.47. The van der Waals surface area contributed by atoms with Gasteiger partial charge in [-0.05, 0) is 24.4 Å². The Morgan fingerprint density at radius 2 is 2.19 bits per heavy atom. The summed E-state index contributed by atoms with van der Waals surface area (Å²) >= 11 is 5.56. The van der Waals surface area contributed by atoms with E-state index in [0.29, 0.717) is 0 Å². The van der Waals surface area contributed by atoms with Crippen LogP contribution in [0, 0.1) is 5.82 Å². The molecule has 0 saturated heterocycles. The van der Waals surface area contributed by atoms with E-state index in [2.05, 4.69) is 15.3 Å². The van der Waals surface area contributed by atoms with Crippen molar-refractivity contribution in [3.63, 3.8) is 0 Å². The molecule has 1 aliphatic carbocycles. The normalized spacial score (nSPS) is 18.7. The summed E-state index contributed by atoms with van der Waals surface area (Å²) in [7, 11) is 0. The van der Waals surface area contributed by atoms with Crippen molar-refractivity contribution in [3.05, 3.63) is 17.3 Å². The number of hydrogen-bond donors (Lipinski definition) is 2. The quantitative estimate of drug-likeness (QED) is 0.800. The molecule has 0 spiro atoms. The second-order valence-corrected chi connectivity index (χ2v) is 4.46. The largest absolute Gasteiger partial charge is 0.388 e. The van der Waals surface area contributed by atoms with E-state index in [0.717, 1.165) is 31.9 Å². The Morgan fingerprint density at radius 1 is 1.50 bits per heavy atom. The van der Waals surface area contributed by atoms with Crippen LogP contribution in [0.25, 0.3) is 0 Å².